The molecule has 0 aliphatic heterocycles. The van der Waals surface area contributed by atoms with Gasteiger partial charge in [-0.2, -0.15) is 11.3 Å². The Bertz CT molecular complexity index is 927. The topological polar surface area (TPSA) is 26.0 Å². The molecule has 0 unspecified atom stereocenters. The van der Waals surface area contributed by atoms with Gasteiger partial charge in [0.15, 0.2) is 11.5 Å². The van der Waals surface area contributed by atoms with Gasteiger partial charge in [0.1, 0.15) is 5.52 Å². The molecule has 2 aromatic heterocycles. The first-order valence-corrected chi connectivity index (χ1v) is 12.6. The Kier molecular flexibility index (Phi) is 4.32. The molecule has 0 saturated heterocycles. The van der Waals surface area contributed by atoms with E-state index in [2.05, 4.69) is 60.3 Å². The van der Waals surface area contributed by atoms with E-state index in [4.69, 9.17) is 9.40 Å². The van der Waals surface area contributed by atoms with Crippen LogP contribution in [0.15, 0.2) is 75.8 Å². The molecule has 0 radical (unpaired) electrons. The molecule has 0 aliphatic carbocycles. The minimum Gasteiger partial charge on any atom is -0.441 e. The summed E-state index contributed by atoms with van der Waals surface area (Å²) in [5, 5.41) is 5.93. The molecule has 25 heavy (non-hydrogen) atoms. The highest BCUT2D eigenvalue weighted by molar-refractivity contribution is 7.08. The van der Waals surface area contributed by atoms with Crippen LogP contribution in [0.5, 0.6) is 0 Å². The van der Waals surface area contributed by atoms with Crippen molar-refractivity contribution in [2.45, 2.75) is 25.1 Å². The predicted molar refractivity (Wildman–Crippen MR) is 108 cm³/mol. The second-order valence-corrected chi connectivity index (χ2v) is 12.5. The van der Waals surface area contributed by atoms with Crippen molar-refractivity contribution in [3.63, 3.8) is 0 Å². The van der Waals surface area contributed by atoms with Crippen LogP contribution in [0, 0.1) is 0 Å². The average Bonchev–Trinajstić information content (AvgIpc) is 3.29. The predicted octanol–water partition coefficient (Wildman–Crippen LogP) is 5.37. The zero-order valence-corrected chi connectivity index (χ0v) is 16.3. The van der Waals surface area contributed by atoms with E-state index in [9.17, 15) is 0 Å². The van der Waals surface area contributed by atoms with Crippen LogP contribution in [0.1, 0.15) is 17.0 Å². The summed E-state index contributed by atoms with van der Waals surface area (Å²) in [6, 6.07) is 21.2. The summed E-state index contributed by atoms with van der Waals surface area (Å²) >= 11 is 1.77. The lowest BCUT2D eigenvalue weighted by Crippen LogP contribution is -2.48. The van der Waals surface area contributed by atoms with Gasteiger partial charge < -0.3 is 4.42 Å². The summed E-state index contributed by atoms with van der Waals surface area (Å²) in [5.41, 5.74) is 3.67. The van der Waals surface area contributed by atoms with Gasteiger partial charge in [-0.25, -0.2) is 4.98 Å². The van der Waals surface area contributed by atoms with Crippen molar-refractivity contribution in [2.75, 3.05) is 0 Å². The van der Waals surface area contributed by atoms with Crippen molar-refractivity contribution in [1.29, 1.82) is 0 Å². The molecule has 0 spiro atoms. The van der Waals surface area contributed by atoms with Crippen molar-refractivity contribution < 1.29 is 4.42 Å². The standard InChI is InChI=1S/C21H21NOSSi/c1-25(2,17-8-4-3-5-9-17)20(16-12-13-24-15-16)14-21-22-18-10-6-7-11-19(18)23-21/h3-13,15,20H,14H2,1-2H3/t20-/m0/s1. The smallest absolute Gasteiger partial charge is 0.195 e. The normalized spacial score (nSPS) is 13.2. The van der Waals surface area contributed by atoms with Gasteiger partial charge in [-0.05, 0) is 40.1 Å². The number of nitrogens with zero attached hydrogens (tertiary/aromatic N) is 1. The summed E-state index contributed by atoms with van der Waals surface area (Å²) < 4.78 is 6.04. The van der Waals surface area contributed by atoms with Gasteiger partial charge in [0.25, 0.3) is 0 Å². The maximum atomic E-state index is 6.04. The molecular weight excluding hydrogens is 342 g/mol. The monoisotopic (exact) mass is 363 g/mol. The first-order chi connectivity index (χ1) is 12.1. The largest absolute Gasteiger partial charge is 0.441 e. The zero-order chi connectivity index (χ0) is 17.3. The lowest BCUT2D eigenvalue weighted by molar-refractivity contribution is 0.522. The number of rotatable bonds is 5. The minimum atomic E-state index is -1.74. The molecule has 4 aromatic rings. The molecule has 2 nitrogen and oxygen atoms in total. The van der Waals surface area contributed by atoms with Gasteiger partial charge in [-0.15, -0.1) is 0 Å². The molecule has 0 aliphatic rings. The maximum absolute atomic E-state index is 6.04. The van der Waals surface area contributed by atoms with Crippen LogP contribution in [-0.4, -0.2) is 13.1 Å². The molecule has 4 rings (SSSR count). The van der Waals surface area contributed by atoms with Crippen molar-refractivity contribution >= 4 is 35.7 Å². The molecule has 2 heterocycles. The Morgan fingerprint density at radius 3 is 2.48 bits per heavy atom. The van der Waals surface area contributed by atoms with E-state index < -0.39 is 8.07 Å². The van der Waals surface area contributed by atoms with Gasteiger partial charge in [0.05, 0.1) is 8.07 Å². The third-order valence-corrected chi connectivity index (χ3v) is 9.85. The number of thiophene rings is 1. The summed E-state index contributed by atoms with van der Waals surface area (Å²) in [5.74, 6) is 0.842. The fourth-order valence-electron chi connectivity index (χ4n) is 3.51. The van der Waals surface area contributed by atoms with Gasteiger partial charge in [0.2, 0.25) is 0 Å². The number of aromatic nitrogens is 1. The highest BCUT2D eigenvalue weighted by atomic mass is 32.1. The fraction of sp³-hybridized carbons (Fsp3) is 0.190. The van der Waals surface area contributed by atoms with E-state index in [0.717, 1.165) is 23.4 Å². The quantitative estimate of drug-likeness (QED) is 0.446. The highest BCUT2D eigenvalue weighted by Gasteiger charge is 2.36. The number of fused-ring (bicyclic) bond motifs is 1. The fourth-order valence-corrected chi connectivity index (χ4v) is 7.50. The third-order valence-electron chi connectivity index (χ3n) is 5.05. The second kappa shape index (κ2) is 6.62. The van der Waals surface area contributed by atoms with Crippen molar-refractivity contribution in [1.82, 2.24) is 4.98 Å². The molecule has 0 amide bonds. The lowest BCUT2D eigenvalue weighted by atomic mass is 10.2. The SMILES string of the molecule is C[Si](C)(c1ccccc1)[C@@H](Cc1nc2ccccc2o1)c1ccsc1. The van der Waals surface area contributed by atoms with E-state index in [1.165, 1.54) is 10.8 Å². The average molecular weight is 364 g/mol. The van der Waals surface area contributed by atoms with Crippen LogP contribution in [-0.2, 0) is 6.42 Å². The Labute approximate surface area is 153 Å². The maximum Gasteiger partial charge on any atom is 0.195 e. The number of para-hydroxylation sites is 2. The minimum absolute atomic E-state index is 0.439. The number of hydrogen-bond donors (Lipinski definition) is 0. The summed E-state index contributed by atoms with van der Waals surface area (Å²) in [6.07, 6.45) is 0.847. The van der Waals surface area contributed by atoms with Crippen molar-refractivity contribution in [2.24, 2.45) is 0 Å². The molecule has 126 valence electrons. The Balaban J connectivity index is 1.74. The Hall–Kier alpha value is -2.17. The molecule has 0 fully saturated rings. The lowest BCUT2D eigenvalue weighted by Gasteiger charge is -2.32. The van der Waals surface area contributed by atoms with Crippen LogP contribution in [0.4, 0.5) is 0 Å². The molecular formula is C21H21NOSSi. The number of benzene rings is 2. The summed E-state index contributed by atoms with van der Waals surface area (Å²) in [4.78, 5) is 4.73. The molecule has 4 heteroatoms. The van der Waals surface area contributed by atoms with Gasteiger partial charge in [0, 0.05) is 6.42 Å². The second-order valence-electron chi connectivity index (χ2n) is 6.98. The Morgan fingerprint density at radius 1 is 1.00 bits per heavy atom. The van der Waals surface area contributed by atoms with Gasteiger partial charge in [-0.3, -0.25) is 0 Å². The molecule has 2 aromatic carbocycles. The van der Waals surface area contributed by atoms with E-state index >= 15 is 0 Å². The molecule has 0 saturated carbocycles. The highest BCUT2D eigenvalue weighted by Crippen LogP contribution is 2.32. The molecule has 1 atom stereocenters. The van der Waals surface area contributed by atoms with Crippen LogP contribution < -0.4 is 5.19 Å². The Morgan fingerprint density at radius 2 is 1.76 bits per heavy atom. The third kappa shape index (κ3) is 3.19. The summed E-state index contributed by atoms with van der Waals surface area (Å²) in [6.45, 7) is 4.90. The van der Waals surface area contributed by atoms with Gasteiger partial charge in [-0.1, -0.05) is 60.7 Å². The first-order valence-electron chi connectivity index (χ1n) is 8.56. The van der Waals surface area contributed by atoms with Crippen LogP contribution in [0.3, 0.4) is 0 Å². The van der Waals surface area contributed by atoms with E-state index in [1.807, 2.05) is 24.3 Å². The van der Waals surface area contributed by atoms with Crippen molar-refractivity contribution in [3.8, 4) is 0 Å². The summed E-state index contributed by atoms with van der Waals surface area (Å²) in [7, 11) is -1.74. The molecule has 0 N–H and O–H groups in total. The number of hydrogen-bond acceptors (Lipinski definition) is 3. The van der Waals surface area contributed by atoms with Crippen LogP contribution >= 0.6 is 11.3 Å². The van der Waals surface area contributed by atoms with Crippen molar-refractivity contribution in [3.05, 3.63) is 82.9 Å². The molecule has 0 bridgehead atoms. The van der Waals surface area contributed by atoms with E-state index in [-0.39, 0.29) is 0 Å². The van der Waals surface area contributed by atoms with E-state index in [1.54, 1.807) is 11.3 Å². The first kappa shape index (κ1) is 16.3. The van der Waals surface area contributed by atoms with Crippen LogP contribution in [0.25, 0.3) is 11.1 Å². The van der Waals surface area contributed by atoms with Gasteiger partial charge >= 0.3 is 0 Å². The van der Waals surface area contributed by atoms with E-state index in [0.29, 0.717) is 5.54 Å². The number of oxazole rings is 1. The van der Waals surface area contributed by atoms with Crippen LogP contribution in [0.2, 0.25) is 13.1 Å². The zero-order valence-electron chi connectivity index (χ0n) is 14.5.